The largest absolute Gasteiger partial charge is 0.465 e. The van der Waals surface area contributed by atoms with Crippen LogP contribution in [0.1, 0.15) is 5.56 Å². The zero-order valence-corrected chi connectivity index (χ0v) is 11.0. The van der Waals surface area contributed by atoms with E-state index in [-0.39, 0.29) is 11.4 Å². The normalized spacial score (nSPS) is 11.0. The van der Waals surface area contributed by atoms with E-state index in [9.17, 15) is 18.0 Å². The summed E-state index contributed by atoms with van der Waals surface area (Å²) in [4.78, 5) is 10.5. The number of carbonyl (C=O) groups is 1. The average Bonchev–Trinajstić information content (AvgIpc) is 2.41. The molecule has 0 heterocycles. The van der Waals surface area contributed by atoms with Crippen molar-refractivity contribution in [2.24, 2.45) is 0 Å². The Morgan fingerprint density at radius 1 is 1.14 bits per heavy atom. The Balaban J connectivity index is 2.37. The van der Waals surface area contributed by atoms with Gasteiger partial charge in [-0.2, -0.15) is 13.2 Å². The number of alkyl halides is 3. The van der Waals surface area contributed by atoms with Crippen LogP contribution in [0, 0.1) is 0 Å². The molecule has 4 N–H and O–H groups in total. The second-order valence-electron chi connectivity index (χ2n) is 4.31. The van der Waals surface area contributed by atoms with Gasteiger partial charge in [0.05, 0.1) is 0 Å². The number of nitrogens with one attached hydrogen (secondary N) is 1. The summed E-state index contributed by atoms with van der Waals surface area (Å²) in [7, 11) is 0. The van der Waals surface area contributed by atoms with Crippen LogP contribution in [0.3, 0.4) is 0 Å². The maximum Gasteiger partial charge on any atom is 0.420 e. The summed E-state index contributed by atoms with van der Waals surface area (Å²) in [5, 5.41) is 10.4. The number of rotatable bonds is 3. The van der Waals surface area contributed by atoms with E-state index in [4.69, 9.17) is 15.6 Å². The molecule has 0 bridgehead atoms. The predicted octanol–water partition coefficient (Wildman–Crippen LogP) is 4.17. The second-order valence-corrected chi connectivity index (χ2v) is 4.31. The second kappa shape index (κ2) is 5.84. The maximum atomic E-state index is 13.1. The standard InChI is InChI=1S/C14H11F3N2O3/c15-14(16,17)11-7-9(19-13(20)21)3-6-12(11)22-10-4-1-8(18)2-5-10/h1-7,19H,18H2,(H,20,21). The highest BCUT2D eigenvalue weighted by Gasteiger charge is 2.35. The van der Waals surface area contributed by atoms with Crippen molar-refractivity contribution in [3.63, 3.8) is 0 Å². The summed E-state index contributed by atoms with van der Waals surface area (Å²) >= 11 is 0. The SMILES string of the molecule is Nc1ccc(Oc2ccc(NC(=O)O)cc2C(F)(F)F)cc1. The Bertz CT molecular complexity index is 685. The van der Waals surface area contributed by atoms with Gasteiger partial charge in [0.25, 0.3) is 0 Å². The number of hydrogen-bond acceptors (Lipinski definition) is 3. The molecule has 0 radical (unpaired) electrons. The minimum atomic E-state index is -4.70. The molecule has 0 atom stereocenters. The highest BCUT2D eigenvalue weighted by molar-refractivity contribution is 5.83. The van der Waals surface area contributed by atoms with E-state index in [1.807, 2.05) is 5.32 Å². The molecular weight excluding hydrogens is 301 g/mol. The zero-order chi connectivity index (χ0) is 16.3. The molecule has 0 aromatic heterocycles. The molecule has 0 saturated heterocycles. The van der Waals surface area contributed by atoms with E-state index in [0.717, 1.165) is 6.07 Å². The Kier molecular flexibility index (Phi) is 4.11. The van der Waals surface area contributed by atoms with Crippen molar-refractivity contribution in [2.45, 2.75) is 6.18 Å². The molecular formula is C14H11F3N2O3. The number of carboxylic acid groups (broad SMARTS) is 1. The summed E-state index contributed by atoms with van der Waals surface area (Å²) in [6.07, 6.45) is -6.15. The van der Waals surface area contributed by atoms with E-state index >= 15 is 0 Å². The molecule has 2 aromatic rings. The lowest BCUT2D eigenvalue weighted by Crippen LogP contribution is -2.11. The van der Waals surface area contributed by atoms with Gasteiger partial charge >= 0.3 is 12.3 Å². The van der Waals surface area contributed by atoms with Crippen LogP contribution in [0.5, 0.6) is 11.5 Å². The average molecular weight is 312 g/mol. The highest BCUT2D eigenvalue weighted by Crippen LogP contribution is 2.39. The minimum Gasteiger partial charge on any atom is -0.465 e. The number of hydrogen-bond donors (Lipinski definition) is 3. The Morgan fingerprint density at radius 2 is 1.77 bits per heavy atom. The molecule has 0 aliphatic heterocycles. The summed E-state index contributed by atoms with van der Waals surface area (Å²) in [5.41, 5.74) is 4.64. The van der Waals surface area contributed by atoms with Crippen molar-refractivity contribution >= 4 is 17.5 Å². The molecule has 5 nitrogen and oxygen atoms in total. The molecule has 0 aliphatic carbocycles. The number of benzene rings is 2. The van der Waals surface area contributed by atoms with Gasteiger partial charge in [-0.3, -0.25) is 5.32 Å². The minimum absolute atomic E-state index is 0.179. The van der Waals surface area contributed by atoms with Gasteiger partial charge in [0.1, 0.15) is 17.1 Å². The van der Waals surface area contributed by atoms with Crippen molar-refractivity contribution in [3.8, 4) is 11.5 Å². The fourth-order valence-electron chi connectivity index (χ4n) is 1.70. The molecule has 0 aliphatic rings. The lowest BCUT2D eigenvalue weighted by Gasteiger charge is -2.15. The molecule has 1 amide bonds. The van der Waals surface area contributed by atoms with Crippen LogP contribution in [-0.2, 0) is 6.18 Å². The fraction of sp³-hybridized carbons (Fsp3) is 0.0714. The molecule has 0 saturated carbocycles. The Hall–Kier alpha value is -2.90. The zero-order valence-electron chi connectivity index (χ0n) is 11.0. The molecule has 0 spiro atoms. The van der Waals surface area contributed by atoms with Gasteiger partial charge in [0.15, 0.2) is 0 Å². The maximum absolute atomic E-state index is 13.1. The van der Waals surface area contributed by atoms with Crippen LogP contribution in [0.4, 0.5) is 29.3 Å². The van der Waals surface area contributed by atoms with E-state index in [0.29, 0.717) is 11.8 Å². The first-order valence-electron chi connectivity index (χ1n) is 6.00. The number of amides is 1. The van der Waals surface area contributed by atoms with Crippen LogP contribution in [0.25, 0.3) is 0 Å². The molecule has 0 fully saturated rings. The predicted molar refractivity (Wildman–Crippen MR) is 74.0 cm³/mol. The van der Waals surface area contributed by atoms with Crippen LogP contribution < -0.4 is 15.8 Å². The first kappa shape index (κ1) is 15.5. The van der Waals surface area contributed by atoms with E-state index < -0.39 is 23.6 Å². The third-order valence-electron chi connectivity index (χ3n) is 2.64. The number of ether oxygens (including phenoxy) is 1. The topological polar surface area (TPSA) is 84.6 Å². The smallest absolute Gasteiger partial charge is 0.420 e. The van der Waals surface area contributed by atoms with Gasteiger partial charge in [-0.05, 0) is 42.5 Å². The molecule has 2 rings (SSSR count). The van der Waals surface area contributed by atoms with Gasteiger partial charge in [-0.25, -0.2) is 4.79 Å². The number of nitrogen functional groups attached to an aromatic ring is 1. The molecule has 8 heteroatoms. The van der Waals surface area contributed by atoms with Crippen molar-refractivity contribution in [1.29, 1.82) is 0 Å². The Labute approximate surface area is 123 Å². The van der Waals surface area contributed by atoms with E-state index in [2.05, 4.69) is 0 Å². The number of anilines is 2. The Morgan fingerprint density at radius 3 is 2.32 bits per heavy atom. The summed E-state index contributed by atoms with van der Waals surface area (Å²) in [6, 6.07) is 8.73. The lowest BCUT2D eigenvalue weighted by molar-refractivity contribution is -0.138. The van der Waals surface area contributed by atoms with Gasteiger partial charge in [0.2, 0.25) is 0 Å². The monoisotopic (exact) mass is 312 g/mol. The van der Waals surface area contributed by atoms with Gasteiger partial charge in [-0.1, -0.05) is 0 Å². The van der Waals surface area contributed by atoms with Gasteiger partial charge < -0.3 is 15.6 Å². The summed E-state index contributed by atoms with van der Waals surface area (Å²) < 4.78 is 44.4. The summed E-state index contributed by atoms with van der Waals surface area (Å²) in [6.45, 7) is 0. The molecule has 116 valence electrons. The van der Waals surface area contributed by atoms with Crippen LogP contribution in [-0.4, -0.2) is 11.2 Å². The number of nitrogens with two attached hydrogens (primary N) is 1. The van der Waals surface area contributed by atoms with Crippen molar-refractivity contribution in [2.75, 3.05) is 11.1 Å². The van der Waals surface area contributed by atoms with E-state index in [1.54, 1.807) is 0 Å². The van der Waals surface area contributed by atoms with Crippen molar-refractivity contribution in [1.82, 2.24) is 0 Å². The third kappa shape index (κ3) is 3.81. The summed E-state index contributed by atoms with van der Waals surface area (Å²) in [5.74, 6) is -0.258. The lowest BCUT2D eigenvalue weighted by atomic mass is 10.1. The van der Waals surface area contributed by atoms with E-state index in [1.165, 1.54) is 30.3 Å². The van der Waals surface area contributed by atoms with Crippen molar-refractivity contribution < 1.29 is 27.8 Å². The molecule has 2 aromatic carbocycles. The van der Waals surface area contributed by atoms with Crippen LogP contribution >= 0.6 is 0 Å². The third-order valence-corrected chi connectivity index (χ3v) is 2.64. The van der Waals surface area contributed by atoms with Gasteiger partial charge in [0, 0.05) is 11.4 Å². The molecule has 22 heavy (non-hydrogen) atoms. The highest BCUT2D eigenvalue weighted by atomic mass is 19.4. The first-order chi connectivity index (χ1) is 10.3. The number of halogens is 3. The van der Waals surface area contributed by atoms with Gasteiger partial charge in [-0.15, -0.1) is 0 Å². The quantitative estimate of drug-likeness (QED) is 0.743. The fourth-order valence-corrected chi connectivity index (χ4v) is 1.70. The van der Waals surface area contributed by atoms with Crippen LogP contribution in [0.2, 0.25) is 0 Å². The first-order valence-corrected chi connectivity index (χ1v) is 6.00. The molecule has 0 unspecified atom stereocenters. The van der Waals surface area contributed by atoms with Crippen LogP contribution in [0.15, 0.2) is 42.5 Å². The van der Waals surface area contributed by atoms with Crippen molar-refractivity contribution in [3.05, 3.63) is 48.0 Å².